The van der Waals surface area contributed by atoms with E-state index in [1.807, 2.05) is 23.9 Å². The lowest BCUT2D eigenvalue weighted by Gasteiger charge is -2.20. The minimum absolute atomic E-state index is 0.357. The fourth-order valence-corrected chi connectivity index (χ4v) is 3.47. The van der Waals surface area contributed by atoms with E-state index < -0.39 is 0 Å². The largest absolute Gasteiger partial charge is 0.497 e. The summed E-state index contributed by atoms with van der Waals surface area (Å²) < 4.78 is 12.7. The zero-order valence-corrected chi connectivity index (χ0v) is 15.9. The number of aromatic nitrogens is 2. The Labute approximate surface area is 150 Å². The van der Waals surface area contributed by atoms with Gasteiger partial charge in [0, 0.05) is 19.6 Å². The molecule has 1 aliphatic rings. The number of nitrogens with one attached hydrogen (secondary N) is 1. The lowest BCUT2D eigenvalue weighted by atomic mass is 10.0. The normalized spacial score (nSPS) is 15.4. The zero-order chi connectivity index (χ0) is 18.0. The Morgan fingerprint density at radius 2 is 1.84 bits per heavy atom. The van der Waals surface area contributed by atoms with E-state index in [9.17, 15) is 0 Å². The number of ether oxygens (including phenoxy) is 2. The first-order valence-corrected chi connectivity index (χ1v) is 9.02. The average Bonchev–Trinajstić information content (AvgIpc) is 3.39. The second kappa shape index (κ2) is 7.48. The first-order chi connectivity index (χ1) is 12.0. The number of benzene rings is 1. The molecule has 1 aromatic carbocycles. The van der Waals surface area contributed by atoms with Gasteiger partial charge in [0.15, 0.2) is 0 Å². The van der Waals surface area contributed by atoms with Gasteiger partial charge < -0.3 is 14.8 Å². The average molecular weight is 343 g/mol. The van der Waals surface area contributed by atoms with Crippen LogP contribution in [0.3, 0.4) is 0 Å². The van der Waals surface area contributed by atoms with Gasteiger partial charge in [-0.05, 0) is 42.4 Å². The Morgan fingerprint density at radius 1 is 1.16 bits per heavy atom. The van der Waals surface area contributed by atoms with Crippen molar-refractivity contribution >= 4 is 0 Å². The molecular weight excluding hydrogens is 314 g/mol. The molecule has 1 fully saturated rings. The molecule has 1 aliphatic carbocycles. The van der Waals surface area contributed by atoms with Crippen molar-refractivity contribution in [3.8, 4) is 11.6 Å². The van der Waals surface area contributed by atoms with Crippen LogP contribution in [0.25, 0.3) is 0 Å². The molecule has 0 aliphatic heterocycles. The topological polar surface area (TPSA) is 48.3 Å². The number of methoxy groups -OCH3 is 2. The number of nitrogens with zero attached hydrogens (tertiary/aromatic N) is 2. The maximum Gasteiger partial charge on any atom is 0.216 e. The second-order valence-electron chi connectivity index (χ2n) is 7.12. The van der Waals surface area contributed by atoms with E-state index in [0.29, 0.717) is 17.9 Å². The van der Waals surface area contributed by atoms with E-state index in [1.165, 1.54) is 24.0 Å². The summed E-state index contributed by atoms with van der Waals surface area (Å²) in [5.41, 5.74) is 3.59. The lowest BCUT2D eigenvalue weighted by molar-refractivity contribution is 0.365. The van der Waals surface area contributed by atoms with Crippen LogP contribution in [0.2, 0.25) is 0 Å². The number of rotatable bonds is 8. The van der Waals surface area contributed by atoms with E-state index in [4.69, 9.17) is 9.47 Å². The smallest absolute Gasteiger partial charge is 0.216 e. The number of hydrogen-bond donors (Lipinski definition) is 1. The van der Waals surface area contributed by atoms with Crippen LogP contribution in [-0.4, -0.2) is 24.0 Å². The molecule has 2 aromatic rings. The van der Waals surface area contributed by atoms with Gasteiger partial charge in [0.2, 0.25) is 5.88 Å². The highest BCUT2D eigenvalue weighted by molar-refractivity contribution is 5.34. The van der Waals surface area contributed by atoms with Crippen LogP contribution < -0.4 is 14.8 Å². The monoisotopic (exact) mass is 343 g/mol. The standard InChI is InChI=1S/C20H29N3O2/c1-13(2)18-17(20(25-5)23(3)22-18)12-21-19(14-6-7-14)15-8-10-16(24-4)11-9-15/h8-11,13-14,19,21H,6-7,12H2,1-5H3/t19-/m0/s1. The molecule has 1 atom stereocenters. The number of hydrogen-bond acceptors (Lipinski definition) is 4. The van der Waals surface area contributed by atoms with Crippen LogP contribution in [0.1, 0.15) is 55.5 Å². The van der Waals surface area contributed by atoms with Crippen LogP contribution >= 0.6 is 0 Å². The van der Waals surface area contributed by atoms with E-state index in [1.54, 1.807) is 14.2 Å². The third kappa shape index (κ3) is 3.82. The molecule has 0 saturated heterocycles. The molecule has 1 aromatic heterocycles. The second-order valence-corrected chi connectivity index (χ2v) is 7.12. The van der Waals surface area contributed by atoms with Crippen LogP contribution in [0, 0.1) is 5.92 Å². The molecule has 0 unspecified atom stereocenters. The molecule has 5 nitrogen and oxygen atoms in total. The van der Waals surface area contributed by atoms with Gasteiger partial charge in [0.05, 0.1) is 25.5 Å². The Morgan fingerprint density at radius 3 is 2.36 bits per heavy atom. The van der Waals surface area contributed by atoms with Crippen molar-refractivity contribution in [2.75, 3.05) is 14.2 Å². The summed E-state index contributed by atoms with van der Waals surface area (Å²) in [6.07, 6.45) is 2.57. The van der Waals surface area contributed by atoms with Gasteiger partial charge in [-0.2, -0.15) is 5.10 Å². The van der Waals surface area contributed by atoms with Crippen molar-refractivity contribution in [3.63, 3.8) is 0 Å². The third-order valence-corrected chi connectivity index (χ3v) is 4.93. The van der Waals surface area contributed by atoms with E-state index in [-0.39, 0.29) is 0 Å². The Balaban J connectivity index is 1.80. The van der Waals surface area contributed by atoms with Crippen LogP contribution in [0.15, 0.2) is 24.3 Å². The Kier molecular flexibility index (Phi) is 5.33. The van der Waals surface area contributed by atoms with Gasteiger partial charge in [-0.25, -0.2) is 4.68 Å². The molecular formula is C20H29N3O2. The van der Waals surface area contributed by atoms with Gasteiger partial charge in [0.25, 0.3) is 0 Å². The van der Waals surface area contributed by atoms with Gasteiger partial charge >= 0.3 is 0 Å². The maximum absolute atomic E-state index is 5.60. The van der Waals surface area contributed by atoms with Crippen molar-refractivity contribution in [2.45, 2.75) is 45.2 Å². The molecule has 1 N–H and O–H groups in total. The summed E-state index contributed by atoms with van der Waals surface area (Å²) in [4.78, 5) is 0. The molecule has 0 amide bonds. The zero-order valence-electron chi connectivity index (χ0n) is 15.9. The molecule has 0 spiro atoms. The lowest BCUT2D eigenvalue weighted by Crippen LogP contribution is -2.23. The fraction of sp³-hybridized carbons (Fsp3) is 0.550. The minimum Gasteiger partial charge on any atom is -0.497 e. The van der Waals surface area contributed by atoms with Gasteiger partial charge in [-0.1, -0.05) is 26.0 Å². The first-order valence-electron chi connectivity index (χ1n) is 9.02. The molecule has 0 radical (unpaired) electrons. The third-order valence-electron chi connectivity index (χ3n) is 4.93. The number of aryl methyl sites for hydroxylation is 1. The van der Waals surface area contributed by atoms with Gasteiger partial charge in [-0.3, -0.25) is 0 Å². The quantitative estimate of drug-likeness (QED) is 0.792. The van der Waals surface area contributed by atoms with E-state index in [2.05, 4.69) is 36.4 Å². The summed E-state index contributed by atoms with van der Waals surface area (Å²) in [6, 6.07) is 8.76. The predicted molar refractivity (Wildman–Crippen MR) is 99.1 cm³/mol. The summed E-state index contributed by atoms with van der Waals surface area (Å²) in [7, 11) is 5.36. The van der Waals surface area contributed by atoms with E-state index in [0.717, 1.165) is 23.9 Å². The van der Waals surface area contributed by atoms with Crippen molar-refractivity contribution in [3.05, 3.63) is 41.1 Å². The van der Waals surface area contributed by atoms with Crippen molar-refractivity contribution in [2.24, 2.45) is 13.0 Å². The summed E-state index contributed by atoms with van der Waals surface area (Å²) in [5, 5.41) is 8.41. The predicted octanol–water partition coefficient (Wildman–Crippen LogP) is 3.80. The Hall–Kier alpha value is -2.01. The summed E-state index contributed by atoms with van der Waals surface area (Å²) in [5.74, 6) is 2.82. The van der Waals surface area contributed by atoms with Crippen LogP contribution in [-0.2, 0) is 13.6 Å². The summed E-state index contributed by atoms with van der Waals surface area (Å²) in [6.45, 7) is 5.11. The van der Waals surface area contributed by atoms with Crippen LogP contribution in [0.4, 0.5) is 0 Å². The van der Waals surface area contributed by atoms with Crippen LogP contribution in [0.5, 0.6) is 11.6 Å². The molecule has 0 bridgehead atoms. The molecule has 1 heterocycles. The first kappa shape index (κ1) is 17.8. The van der Waals surface area contributed by atoms with Gasteiger partial charge in [-0.15, -0.1) is 0 Å². The highest BCUT2D eigenvalue weighted by Gasteiger charge is 2.32. The minimum atomic E-state index is 0.357. The fourth-order valence-electron chi connectivity index (χ4n) is 3.47. The SMILES string of the molecule is COc1ccc([C@@H](NCc2c(C(C)C)nn(C)c2OC)C2CC2)cc1. The maximum atomic E-state index is 5.60. The Bertz CT molecular complexity index is 702. The highest BCUT2D eigenvalue weighted by Crippen LogP contribution is 2.42. The molecule has 1 saturated carbocycles. The molecule has 25 heavy (non-hydrogen) atoms. The summed E-state index contributed by atoms with van der Waals surface area (Å²) >= 11 is 0. The molecule has 5 heteroatoms. The molecule has 3 rings (SSSR count). The molecule has 136 valence electrons. The van der Waals surface area contributed by atoms with Crippen molar-refractivity contribution in [1.82, 2.24) is 15.1 Å². The van der Waals surface area contributed by atoms with Gasteiger partial charge in [0.1, 0.15) is 5.75 Å². The highest BCUT2D eigenvalue weighted by atomic mass is 16.5. The van der Waals surface area contributed by atoms with E-state index >= 15 is 0 Å². The van der Waals surface area contributed by atoms with Crippen molar-refractivity contribution < 1.29 is 9.47 Å². The van der Waals surface area contributed by atoms with Crippen molar-refractivity contribution in [1.29, 1.82) is 0 Å².